The van der Waals surface area contributed by atoms with Crippen molar-refractivity contribution in [1.82, 2.24) is 19.7 Å². The highest BCUT2D eigenvalue weighted by Gasteiger charge is 2.46. The average Bonchev–Trinajstić information content (AvgIpc) is 2.71. The topological polar surface area (TPSA) is 80.5 Å². The molecule has 0 atom stereocenters. The molecule has 7 heteroatoms. The zero-order valence-corrected chi connectivity index (χ0v) is 13.3. The number of nitrogens with zero attached hydrogens (tertiary/aromatic N) is 4. The first kappa shape index (κ1) is 15.8. The number of aromatic nitrogens is 3. The van der Waals surface area contributed by atoms with Gasteiger partial charge < -0.3 is 14.7 Å². The Morgan fingerprint density at radius 3 is 2.62 bits per heavy atom. The van der Waals surface area contributed by atoms with Crippen LogP contribution in [0.15, 0.2) is 6.33 Å². The summed E-state index contributed by atoms with van der Waals surface area (Å²) in [6.07, 6.45) is 1.48. The molecule has 118 valence electrons. The van der Waals surface area contributed by atoms with Gasteiger partial charge in [-0.25, -0.2) is 14.5 Å². The Kier molecular flexibility index (Phi) is 3.97. The Balaban J connectivity index is 1.93. The van der Waals surface area contributed by atoms with E-state index in [0.717, 1.165) is 5.82 Å². The van der Waals surface area contributed by atoms with Gasteiger partial charge in [0.05, 0.1) is 13.1 Å². The Morgan fingerprint density at radius 1 is 1.48 bits per heavy atom. The minimum absolute atomic E-state index is 0.188. The van der Waals surface area contributed by atoms with E-state index in [1.807, 2.05) is 34.6 Å². The van der Waals surface area contributed by atoms with Crippen LogP contribution in [0.25, 0.3) is 0 Å². The van der Waals surface area contributed by atoms with Crippen molar-refractivity contribution in [3.8, 4) is 0 Å². The molecule has 1 aliphatic rings. The lowest BCUT2D eigenvalue weighted by atomic mass is 9.90. The van der Waals surface area contributed by atoms with Crippen molar-refractivity contribution in [2.24, 2.45) is 0 Å². The Hall–Kier alpha value is -1.63. The fraction of sp³-hybridized carbons (Fsp3) is 0.786. The third kappa shape index (κ3) is 3.72. The second kappa shape index (κ2) is 5.29. The summed E-state index contributed by atoms with van der Waals surface area (Å²) in [4.78, 5) is 17.6. The van der Waals surface area contributed by atoms with Crippen molar-refractivity contribution in [3.63, 3.8) is 0 Å². The van der Waals surface area contributed by atoms with E-state index in [4.69, 9.17) is 4.74 Å². The second-order valence-electron chi connectivity index (χ2n) is 6.95. The van der Waals surface area contributed by atoms with Crippen LogP contribution in [0.2, 0.25) is 0 Å². The molecule has 1 aromatic heterocycles. The Bertz CT molecular complexity index is 513. The fourth-order valence-electron chi connectivity index (χ4n) is 2.36. The van der Waals surface area contributed by atoms with Gasteiger partial charge in [0, 0.05) is 12.5 Å². The van der Waals surface area contributed by atoms with E-state index >= 15 is 0 Å². The fourth-order valence-corrected chi connectivity index (χ4v) is 2.36. The first-order valence-corrected chi connectivity index (χ1v) is 7.18. The summed E-state index contributed by atoms with van der Waals surface area (Å²) in [5.41, 5.74) is -1.47. The molecule has 1 N–H and O–H groups in total. The van der Waals surface area contributed by atoms with Crippen LogP contribution in [-0.4, -0.2) is 55.2 Å². The van der Waals surface area contributed by atoms with Gasteiger partial charge in [0.25, 0.3) is 0 Å². The van der Waals surface area contributed by atoms with Crippen LogP contribution in [0.4, 0.5) is 4.79 Å². The molecule has 0 radical (unpaired) electrons. The summed E-state index contributed by atoms with van der Waals surface area (Å²) < 4.78 is 7.06. The third-order valence-corrected chi connectivity index (χ3v) is 3.25. The van der Waals surface area contributed by atoms with Crippen LogP contribution in [0.5, 0.6) is 0 Å². The number of carbonyl (C=O) groups excluding carboxylic acids is 1. The summed E-state index contributed by atoms with van der Waals surface area (Å²) in [6, 6.07) is 0.188. The number of carbonyl (C=O) groups is 1. The molecule has 0 spiro atoms. The number of rotatable bonds is 3. The number of hydrogen-bond acceptors (Lipinski definition) is 5. The van der Waals surface area contributed by atoms with Gasteiger partial charge in [0.2, 0.25) is 0 Å². The largest absolute Gasteiger partial charge is 0.444 e. The van der Waals surface area contributed by atoms with Crippen LogP contribution >= 0.6 is 0 Å². The van der Waals surface area contributed by atoms with E-state index in [1.165, 1.54) is 11.2 Å². The zero-order valence-electron chi connectivity index (χ0n) is 13.3. The first-order valence-electron chi connectivity index (χ1n) is 7.18. The van der Waals surface area contributed by atoms with Crippen LogP contribution in [-0.2, 0) is 11.2 Å². The summed E-state index contributed by atoms with van der Waals surface area (Å²) in [7, 11) is 0. The highest BCUT2D eigenvalue weighted by Crippen LogP contribution is 2.27. The number of β-amino-alcohol motifs (C(OH)–C–C–N with tert-alkyl or cyclic N) is 1. The maximum Gasteiger partial charge on any atom is 0.410 e. The lowest BCUT2D eigenvalue weighted by molar-refractivity contribution is -0.0987. The molecule has 2 heterocycles. The van der Waals surface area contributed by atoms with Gasteiger partial charge in [-0.1, -0.05) is 0 Å². The predicted octanol–water partition coefficient (Wildman–Crippen LogP) is 1.38. The standard InChI is InChI=1S/C14H24N4O3/c1-10(2)18-11(15-9-16-18)6-14(20)7-17(8-14)12(19)21-13(3,4)5/h9-10,20H,6-8H2,1-5H3. The molecule has 1 aromatic rings. The van der Waals surface area contributed by atoms with Gasteiger partial charge in [-0.15, -0.1) is 0 Å². The summed E-state index contributed by atoms with van der Waals surface area (Å²) in [5.74, 6) is 0.733. The number of amides is 1. The first-order chi connectivity index (χ1) is 9.60. The average molecular weight is 296 g/mol. The van der Waals surface area contributed by atoms with Crippen molar-refractivity contribution in [2.75, 3.05) is 13.1 Å². The lowest BCUT2D eigenvalue weighted by Gasteiger charge is -2.46. The van der Waals surface area contributed by atoms with Crippen molar-refractivity contribution < 1.29 is 14.6 Å². The SMILES string of the molecule is CC(C)n1ncnc1CC1(O)CN(C(=O)OC(C)(C)C)C1. The van der Waals surface area contributed by atoms with Crippen LogP contribution in [0.1, 0.15) is 46.5 Å². The minimum atomic E-state index is -0.948. The number of hydrogen-bond donors (Lipinski definition) is 1. The maximum absolute atomic E-state index is 11.9. The Morgan fingerprint density at radius 2 is 2.10 bits per heavy atom. The highest BCUT2D eigenvalue weighted by molar-refractivity contribution is 5.69. The molecule has 1 fully saturated rings. The monoisotopic (exact) mass is 296 g/mol. The van der Waals surface area contributed by atoms with E-state index in [9.17, 15) is 9.90 Å². The van der Waals surface area contributed by atoms with Gasteiger partial charge in [-0.2, -0.15) is 5.10 Å². The molecular formula is C14H24N4O3. The number of likely N-dealkylation sites (tertiary alicyclic amines) is 1. The molecule has 0 bridgehead atoms. The normalized spacial score (nSPS) is 17.8. The van der Waals surface area contributed by atoms with Crippen molar-refractivity contribution in [1.29, 1.82) is 0 Å². The predicted molar refractivity (Wildman–Crippen MR) is 76.9 cm³/mol. The summed E-state index contributed by atoms with van der Waals surface area (Å²) in [6.45, 7) is 10.00. The molecule has 0 saturated carbocycles. The molecule has 2 rings (SSSR count). The molecule has 1 saturated heterocycles. The van der Waals surface area contributed by atoms with Gasteiger partial charge in [0.15, 0.2) is 0 Å². The smallest absolute Gasteiger partial charge is 0.410 e. The Labute approximate surface area is 124 Å². The van der Waals surface area contributed by atoms with E-state index < -0.39 is 17.3 Å². The number of ether oxygens (including phenoxy) is 1. The van der Waals surface area contributed by atoms with E-state index in [0.29, 0.717) is 6.42 Å². The van der Waals surface area contributed by atoms with E-state index in [2.05, 4.69) is 10.1 Å². The lowest BCUT2D eigenvalue weighted by Crippen LogP contribution is -2.65. The summed E-state index contributed by atoms with van der Waals surface area (Å²) in [5, 5.41) is 14.6. The van der Waals surface area contributed by atoms with Crippen LogP contribution in [0.3, 0.4) is 0 Å². The molecule has 1 aliphatic heterocycles. The second-order valence-corrected chi connectivity index (χ2v) is 6.95. The van der Waals surface area contributed by atoms with Gasteiger partial charge in [-0.05, 0) is 34.6 Å². The van der Waals surface area contributed by atoms with E-state index in [-0.39, 0.29) is 19.1 Å². The highest BCUT2D eigenvalue weighted by atomic mass is 16.6. The molecule has 0 aliphatic carbocycles. The molecule has 21 heavy (non-hydrogen) atoms. The molecule has 0 aromatic carbocycles. The molecule has 1 amide bonds. The van der Waals surface area contributed by atoms with Crippen LogP contribution in [0, 0.1) is 0 Å². The number of aliphatic hydroxyl groups is 1. The quantitative estimate of drug-likeness (QED) is 0.911. The minimum Gasteiger partial charge on any atom is -0.444 e. The van der Waals surface area contributed by atoms with Gasteiger partial charge in [-0.3, -0.25) is 0 Å². The summed E-state index contributed by atoms with van der Waals surface area (Å²) >= 11 is 0. The molecule has 0 unspecified atom stereocenters. The van der Waals surface area contributed by atoms with Gasteiger partial charge >= 0.3 is 6.09 Å². The van der Waals surface area contributed by atoms with Crippen molar-refractivity contribution in [2.45, 2.75) is 58.3 Å². The zero-order chi connectivity index (χ0) is 15.8. The van der Waals surface area contributed by atoms with Gasteiger partial charge in [0.1, 0.15) is 23.4 Å². The third-order valence-electron chi connectivity index (χ3n) is 3.25. The van der Waals surface area contributed by atoms with Crippen molar-refractivity contribution in [3.05, 3.63) is 12.2 Å². The van der Waals surface area contributed by atoms with E-state index in [1.54, 1.807) is 4.68 Å². The molecule has 7 nitrogen and oxygen atoms in total. The van der Waals surface area contributed by atoms with Crippen molar-refractivity contribution >= 4 is 6.09 Å². The maximum atomic E-state index is 11.9. The van der Waals surface area contributed by atoms with Crippen LogP contribution < -0.4 is 0 Å². The molecular weight excluding hydrogens is 272 g/mol.